The van der Waals surface area contributed by atoms with Gasteiger partial charge in [0.15, 0.2) is 0 Å². The van der Waals surface area contributed by atoms with E-state index in [9.17, 15) is 12.8 Å². The molecule has 0 heterocycles. The van der Waals surface area contributed by atoms with Gasteiger partial charge in [-0.05, 0) is 31.0 Å². The Labute approximate surface area is 123 Å². The van der Waals surface area contributed by atoms with Crippen molar-refractivity contribution in [2.75, 3.05) is 12.9 Å². The number of hydrogen-bond donors (Lipinski definition) is 1. The molecule has 20 heavy (non-hydrogen) atoms. The highest BCUT2D eigenvalue weighted by atomic mass is 35.5. The van der Waals surface area contributed by atoms with Crippen LogP contribution >= 0.6 is 11.6 Å². The van der Waals surface area contributed by atoms with E-state index in [1.54, 1.807) is 13.0 Å². The molecule has 0 aromatic heterocycles. The Morgan fingerprint density at radius 3 is 2.85 bits per heavy atom. The lowest BCUT2D eigenvalue weighted by Crippen LogP contribution is -2.33. The fourth-order valence-corrected chi connectivity index (χ4v) is 3.78. The van der Waals surface area contributed by atoms with Crippen LogP contribution in [0.5, 0.6) is 0 Å². The fraction of sp³-hybridized carbons (Fsp3) is 0.538. The van der Waals surface area contributed by atoms with Crippen LogP contribution in [0.15, 0.2) is 18.2 Å². The van der Waals surface area contributed by atoms with Crippen LogP contribution in [0.4, 0.5) is 4.39 Å². The van der Waals surface area contributed by atoms with Gasteiger partial charge in [-0.15, -0.1) is 0 Å². The van der Waals surface area contributed by atoms with Crippen molar-refractivity contribution < 1.29 is 17.5 Å². The number of nitrogens with one attached hydrogen (secondary N) is 1. The van der Waals surface area contributed by atoms with Gasteiger partial charge in [0.1, 0.15) is 5.82 Å². The number of sulfonamides is 1. The number of ether oxygens (including phenoxy) is 1. The zero-order valence-electron chi connectivity index (χ0n) is 11.3. The molecule has 7 heteroatoms. The number of benzene rings is 1. The summed E-state index contributed by atoms with van der Waals surface area (Å²) in [5.74, 6) is -0.554. The lowest BCUT2D eigenvalue weighted by Gasteiger charge is -2.11. The first-order valence-electron chi connectivity index (χ1n) is 6.30. The SMILES string of the molecule is COC(C)CS(=O)(=O)N[C@@H]1C[C@H]1c1ccc(Cl)c(F)c1. The maximum Gasteiger partial charge on any atom is 0.214 e. The molecule has 1 aliphatic carbocycles. The molecule has 0 spiro atoms. The second-order valence-corrected chi connectivity index (χ2v) is 7.27. The largest absolute Gasteiger partial charge is 0.381 e. The van der Waals surface area contributed by atoms with Crippen molar-refractivity contribution in [1.82, 2.24) is 4.72 Å². The highest BCUT2D eigenvalue weighted by molar-refractivity contribution is 7.89. The molecule has 112 valence electrons. The van der Waals surface area contributed by atoms with E-state index in [2.05, 4.69) is 4.72 Å². The van der Waals surface area contributed by atoms with E-state index in [0.717, 1.165) is 5.56 Å². The Morgan fingerprint density at radius 2 is 2.25 bits per heavy atom. The van der Waals surface area contributed by atoms with Crippen LogP contribution < -0.4 is 4.72 Å². The Kier molecular flexibility index (Phi) is 4.69. The van der Waals surface area contributed by atoms with Crippen LogP contribution in [0.25, 0.3) is 0 Å². The standard InChI is InChI=1S/C13H17ClFNO3S/c1-8(19-2)7-20(17,18)16-13-6-10(13)9-3-4-11(14)12(15)5-9/h3-5,8,10,13,16H,6-7H2,1-2H3/t8?,10-,13+/m0/s1. The molecule has 1 unspecified atom stereocenters. The molecule has 0 saturated heterocycles. The van der Waals surface area contributed by atoms with Gasteiger partial charge < -0.3 is 4.74 Å². The predicted molar refractivity (Wildman–Crippen MR) is 75.9 cm³/mol. The summed E-state index contributed by atoms with van der Waals surface area (Å²) in [4.78, 5) is 0. The molecule has 0 amide bonds. The first-order chi connectivity index (χ1) is 9.32. The second kappa shape index (κ2) is 5.97. The van der Waals surface area contributed by atoms with Crippen molar-refractivity contribution in [3.63, 3.8) is 0 Å². The van der Waals surface area contributed by atoms with Crippen LogP contribution in [0.1, 0.15) is 24.8 Å². The Morgan fingerprint density at radius 1 is 1.55 bits per heavy atom. The highest BCUT2D eigenvalue weighted by Gasteiger charge is 2.41. The first kappa shape index (κ1) is 15.7. The van der Waals surface area contributed by atoms with Crippen LogP contribution in [-0.4, -0.2) is 33.4 Å². The van der Waals surface area contributed by atoms with Crippen LogP contribution in [0.3, 0.4) is 0 Å². The highest BCUT2D eigenvalue weighted by Crippen LogP contribution is 2.41. The summed E-state index contributed by atoms with van der Waals surface area (Å²) in [5.41, 5.74) is 0.763. The molecule has 1 aromatic rings. The molecule has 4 nitrogen and oxygen atoms in total. The lowest BCUT2D eigenvalue weighted by atomic mass is 10.1. The number of halogens is 2. The van der Waals surface area contributed by atoms with Gasteiger partial charge in [-0.3, -0.25) is 0 Å². The summed E-state index contributed by atoms with van der Waals surface area (Å²) < 4.78 is 44.6. The number of methoxy groups -OCH3 is 1. The Bertz CT molecular complexity index is 593. The first-order valence-corrected chi connectivity index (χ1v) is 8.33. The molecular formula is C13H17ClFNO3S. The molecule has 0 bridgehead atoms. The average Bonchev–Trinajstić information content (AvgIpc) is 3.10. The monoisotopic (exact) mass is 321 g/mol. The van der Waals surface area contributed by atoms with E-state index in [1.165, 1.54) is 19.2 Å². The van der Waals surface area contributed by atoms with Crippen LogP contribution in [0, 0.1) is 5.82 Å². The van der Waals surface area contributed by atoms with Crippen LogP contribution in [-0.2, 0) is 14.8 Å². The van der Waals surface area contributed by atoms with Gasteiger partial charge >= 0.3 is 0 Å². The van der Waals surface area contributed by atoms with Crippen molar-refractivity contribution >= 4 is 21.6 Å². The average molecular weight is 322 g/mol. The minimum absolute atomic E-state index is 0.00870. The maximum absolute atomic E-state index is 13.4. The lowest BCUT2D eigenvalue weighted by molar-refractivity contribution is 0.136. The molecule has 1 saturated carbocycles. The van der Waals surface area contributed by atoms with E-state index in [-0.39, 0.29) is 28.8 Å². The summed E-state index contributed by atoms with van der Waals surface area (Å²) in [5, 5.41) is 0.0699. The summed E-state index contributed by atoms with van der Waals surface area (Å²) in [6.07, 6.45) is 0.305. The molecule has 1 N–H and O–H groups in total. The summed E-state index contributed by atoms with van der Waals surface area (Å²) in [6, 6.07) is 4.40. The third-order valence-corrected chi connectivity index (χ3v) is 5.23. The van der Waals surface area contributed by atoms with Crippen molar-refractivity contribution in [3.8, 4) is 0 Å². The third-order valence-electron chi connectivity index (χ3n) is 3.35. The van der Waals surface area contributed by atoms with E-state index in [1.807, 2.05) is 0 Å². The Hall–Kier alpha value is -0.690. The van der Waals surface area contributed by atoms with Gasteiger partial charge in [-0.2, -0.15) is 0 Å². The van der Waals surface area contributed by atoms with Gasteiger partial charge in [0.05, 0.1) is 16.9 Å². The van der Waals surface area contributed by atoms with Gasteiger partial charge in [0.2, 0.25) is 10.0 Å². The van der Waals surface area contributed by atoms with Crippen molar-refractivity contribution in [2.45, 2.75) is 31.4 Å². The van der Waals surface area contributed by atoms with Crippen molar-refractivity contribution in [3.05, 3.63) is 34.6 Å². The molecule has 1 aromatic carbocycles. The number of rotatable bonds is 6. The smallest absolute Gasteiger partial charge is 0.214 e. The normalized spacial score (nSPS) is 23.6. The molecule has 1 fully saturated rings. The topological polar surface area (TPSA) is 55.4 Å². The molecule has 2 rings (SSSR count). The molecule has 0 aliphatic heterocycles. The molecule has 1 aliphatic rings. The summed E-state index contributed by atoms with van der Waals surface area (Å²) in [6.45, 7) is 1.69. The molecule has 3 atom stereocenters. The van der Waals surface area contributed by atoms with Crippen molar-refractivity contribution in [2.24, 2.45) is 0 Å². The quantitative estimate of drug-likeness (QED) is 0.874. The summed E-state index contributed by atoms with van der Waals surface area (Å²) >= 11 is 5.62. The Balaban J connectivity index is 1.96. The molecular weight excluding hydrogens is 305 g/mol. The van der Waals surface area contributed by atoms with E-state index < -0.39 is 15.8 Å². The zero-order chi connectivity index (χ0) is 14.9. The zero-order valence-corrected chi connectivity index (χ0v) is 12.8. The van der Waals surface area contributed by atoms with E-state index in [0.29, 0.717) is 6.42 Å². The van der Waals surface area contributed by atoms with Gasteiger partial charge in [-0.25, -0.2) is 17.5 Å². The van der Waals surface area contributed by atoms with Gasteiger partial charge in [-0.1, -0.05) is 17.7 Å². The minimum Gasteiger partial charge on any atom is -0.381 e. The fourth-order valence-electron chi connectivity index (χ4n) is 2.09. The maximum atomic E-state index is 13.4. The van der Waals surface area contributed by atoms with Gasteiger partial charge in [0, 0.05) is 19.1 Å². The minimum atomic E-state index is -3.38. The van der Waals surface area contributed by atoms with E-state index >= 15 is 0 Å². The van der Waals surface area contributed by atoms with Crippen LogP contribution in [0.2, 0.25) is 5.02 Å². The third kappa shape index (κ3) is 3.91. The molecule has 0 radical (unpaired) electrons. The van der Waals surface area contributed by atoms with Gasteiger partial charge in [0.25, 0.3) is 0 Å². The van der Waals surface area contributed by atoms with Crippen molar-refractivity contribution in [1.29, 1.82) is 0 Å². The number of hydrogen-bond acceptors (Lipinski definition) is 3. The predicted octanol–water partition coefficient (Wildman–Crippen LogP) is 2.29. The summed E-state index contributed by atoms with van der Waals surface area (Å²) in [7, 11) is -1.91. The second-order valence-electron chi connectivity index (χ2n) is 5.07. The van der Waals surface area contributed by atoms with E-state index in [4.69, 9.17) is 16.3 Å².